The van der Waals surface area contributed by atoms with Gasteiger partial charge in [0.25, 0.3) is 5.91 Å². The molecule has 2 aliphatic heterocycles. The second-order valence-corrected chi connectivity index (χ2v) is 7.32. The molecule has 0 aliphatic carbocycles. The molecule has 2 aromatic rings. The van der Waals surface area contributed by atoms with E-state index in [1.807, 2.05) is 27.8 Å². The molecule has 3 heterocycles. The van der Waals surface area contributed by atoms with Crippen LogP contribution in [0.4, 0.5) is 0 Å². The molecule has 0 atom stereocenters. The third-order valence-electron chi connectivity index (χ3n) is 5.66. The molecule has 1 aromatic carbocycles. The van der Waals surface area contributed by atoms with Gasteiger partial charge in [0.1, 0.15) is 11.4 Å². The Hall–Kier alpha value is -2.25. The van der Waals surface area contributed by atoms with Crippen molar-refractivity contribution in [2.24, 2.45) is 0 Å². The summed E-state index contributed by atoms with van der Waals surface area (Å²) in [5.41, 5.74) is 0.534. The van der Waals surface area contributed by atoms with E-state index < -0.39 is 5.60 Å². The molecule has 1 amide bonds. The first kappa shape index (κ1) is 18.1. The van der Waals surface area contributed by atoms with Crippen molar-refractivity contribution in [3.63, 3.8) is 0 Å². The lowest BCUT2D eigenvalue weighted by Crippen LogP contribution is -2.55. The van der Waals surface area contributed by atoms with Crippen molar-refractivity contribution in [2.45, 2.75) is 37.8 Å². The van der Waals surface area contributed by atoms with E-state index in [0.29, 0.717) is 19.6 Å². The number of nitrogens with one attached hydrogen (secondary N) is 1. The van der Waals surface area contributed by atoms with E-state index in [9.17, 15) is 4.79 Å². The highest BCUT2D eigenvalue weighted by Gasteiger charge is 2.42. The lowest BCUT2D eigenvalue weighted by atomic mass is 9.90. The number of aromatic nitrogens is 3. The molecule has 7 nitrogen and oxygen atoms in total. The number of piperidine rings is 1. The molecule has 1 fully saturated rings. The van der Waals surface area contributed by atoms with Gasteiger partial charge in [-0.15, -0.1) is 0 Å². The summed E-state index contributed by atoms with van der Waals surface area (Å²) < 4.78 is 7.68. The fourth-order valence-corrected chi connectivity index (χ4v) is 4.03. The Morgan fingerprint density at radius 2 is 1.96 bits per heavy atom. The molecule has 4 rings (SSSR count). The van der Waals surface area contributed by atoms with Gasteiger partial charge in [0.05, 0.1) is 6.54 Å². The molecule has 2 aliphatic rings. The van der Waals surface area contributed by atoms with Crippen molar-refractivity contribution in [1.29, 1.82) is 0 Å². The molecule has 7 heteroatoms. The molecule has 27 heavy (non-hydrogen) atoms. The minimum Gasteiger partial charge on any atom is -0.368 e. The number of rotatable bonds is 4. The van der Waals surface area contributed by atoms with Crippen LogP contribution in [0.2, 0.25) is 0 Å². The van der Waals surface area contributed by atoms with Crippen LogP contribution in [0.15, 0.2) is 30.3 Å². The van der Waals surface area contributed by atoms with Gasteiger partial charge in [-0.3, -0.25) is 4.79 Å². The second-order valence-electron chi connectivity index (χ2n) is 7.32. The highest BCUT2D eigenvalue weighted by atomic mass is 16.5. The molecule has 1 N–H and O–H groups in total. The number of carbonyl (C=O) groups is 1. The normalized spacial score (nSPS) is 19.4. The zero-order valence-electron chi connectivity index (χ0n) is 15.9. The molecule has 1 saturated heterocycles. The summed E-state index contributed by atoms with van der Waals surface area (Å²) in [5, 5.41) is 7.98. The van der Waals surface area contributed by atoms with E-state index in [1.54, 1.807) is 7.11 Å². The van der Waals surface area contributed by atoms with Crippen LogP contribution >= 0.6 is 0 Å². The third kappa shape index (κ3) is 3.75. The molecule has 1 aromatic heterocycles. The summed E-state index contributed by atoms with van der Waals surface area (Å²) in [5.74, 6) is 1.93. The summed E-state index contributed by atoms with van der Waals surface area (Å²) >= 11 is 0. The van der Waals surface area contributed by atoms with Crippen molar-refractivity contribution in [3.05, 3.63) is 47.5 Å². The summed E-state index contributed by atoms with van der Waals surface area (Å²) in [6.07, 6.45) is 2.92. The number of ether oxygens (including phenoxy) is 1. The van der Waals surface area contributed by atoms with Gasteiger partial charge in [0.15, 0.2) is 5.82 Å². The number of benzene rings is 1. The number of fused-ring (bicyclic) bond motifs is 1. The summed E-state index contributed by atoms with van der Waals surface area (Å²) in [7, 11) is 1.66. The van der Waals surface area contributed by atoms with Crippen LogP contribution in [0.25, 0.3) is 0 Å². The molecular weight excluding hydrogens is 342 g/mol. The van der Waals surface area contributed by atoms with Gasteiger partial charge in [-0.1, -0.05) is 30.3 Å². The summed E-state index contributed by atoms with van der Waals surface area (Å²) in [6.45, 7) is 3.64. The van der Waals surface area contributed by atoms with E-state index in [0.717, 1.165) is 50.4 Å². The largest absolute Gasteiger partial charge is 0.368 e. The first-order valence-electron chi connectivity index (χ1n) is 9.72. The van der Waals surface area contributed by atoms with Gasteiger partial charge in [0.2, 0.25) is 0 Å². The van der Waals surface area contributed by atoms with Gasteiger partial charge < -0.3 is 15.0 Å². The molecule has 0 unspecified atom stereocenters. The molecule has 0 bridgehead atoms. The minimum absolute atomic E-state index is 0.113. The molecule has 144 valence electrons. The molecule has 0 radical (unpaired) electrons. The predicted molar refractivity (Wildman–Crippen MR) is 101 cm³/mol. The number of carbonyl (C=O) groups excluding carboxylic acids is 1. The standard InChI is InChI=1S/C20H27N5O2/c1-27-20(8-10-21-11-9-20)19(26)24-12-7-18-22-17(23-25(18)14-13-24)15-16-5-3-2-4-6-16/h2-6,21H,7-15H2,1H3. The Bertz CT molecular complexity index is 757. The lowest BCUT2D eigenvalue weighted by molar-refractivity contribution is -0.158. The summed E-state index contributed by atoms with van der Waals surface area (Å²) in [6, 6.07) is 10.3. The summed E-state index contributed by atoms with van der Waals surface area (Å²) in [4.78, 5) is 19.8. The molecule has 0 saturated carbocycles. The number of hydrogen-bond donors (Lipinski definition) is 1. The quantitative estimate of drug-likeness (QED) is 0.871. The number of amides is 1. The third-order valence-corrected chi connectivity index (χ3v) is 5.66. The van der Waals surface area contributed by atoms with Crippen LogP contribution in [0.3, 0.4) is 0 Å². The van der Waals surface area contributed by atoms with Crippen LogP contribution in [-0.4, -0.2) is 64.5 Å². The van der Waals surface area contributed by atoms with Gasteiger partial charge in [-0.05, 0) is 31.5 Å². The van der Waals surface area contributed by atoms with Crippen LogP contribution in [0.1, 0.15) is 30.1 Å². The van der Waals surface area contributed by atoms with E-state index in [-0.39, 0.29) is 5.91 Å². The van der Waals surface area contributed by atoms with Crippen LogP contribution in [0.5, 0.6) is 0 Å². The van der Waals surface area contributed by atoms with Crippen molar-refractivity contribution in [1.82, 2.24) is 25.0 Å². The predicted octanol–water partition coefficient (Wildman–Crippen LogP) is 1.02. The maximum absolute atomic E-state index is 13.2. The SMILES string of the molecule is COC1(C(=O)N2CCc3nc(Cc4ccccc4)nn3CC2)CCNCC1. The maximum atomic E-state index is 13.2. The van der Waals surface area contributed by atoms with Gasteiger partial charge in [0, 0.05) is 33.0 Å². The average Bonchev–Trinajstić information content (AvgIpc) is 2.99. The Morgan fingerprint density at radius 1 is 1.19 bits per heavy atom. The Morgan fingerprint density at radius 3 is 2.70 bits per heavy atom. The fourth-order valence-electron chi connectivity index (χ4n) is 4.03. The van der Waals surface area contributed by atoms with Gasteiger partial charge in [-0.25, -0.2) is 9.67 Å². The van der Waals surface area contributed by atoms with E-state index in [2.05, 4.69) is 22.5 Å². The zero-order valence-corrected chi connectivity index (χ0v) is 15.9. The number of methoxy groups -OCH3 is 1. The molecule has 0 spiro atoms. The first-order valence-corrected chi connectivity index (χ1v) is 9.72. The van der Waals surface area contributed by atoms with Crippen molar-refractivity contribution in [2.75, 3.05) is 33.3 Å². The highest BCUT2D eigenvalue weighted by molar-refractivity contribution is 5.85. The Kier molecular flexibility index (Phi) is 5.22. The van der Waals surface area contributed by atoms with Crippen LogP contribution in [0, 0.1) is 0 Å². The molecular formula is C20H27N5O2. The lowest BCUT2D eigenvalue weighted by Gasteiger charge is -2.38. The zero-order chi connectivity index (χ0) is 18.7. The van der Waals surface area contributed by atoms with E-state index in [4.69, 9.17) is 9.72 Å². The Balaban J connectivity index is 1.43. The maximum Gasteiger partial charge on any atom is 0.254 e. The van der Waals surface area contributed by atoms with E-state index in [1.165, 1.54) is 5.56 Å². The smallest absolute Gasteiger partial charge is 0.254 e. The van der Waals surface area contributed by atoms with Gasteiger partial charge in [-0.2, -0.15) is 5.10 Å². The average molecular weight is 369 g/mol. The number of nitrogens with zero attached hydrogens (tertiary/aromatic N) is 4. The topological polar surface area (TPSA) is 72.3 Å². The first-order chi connectivity index (χ1) is 13.2. The van der Waals surface area contributed by atoms with Crippen molar-refractivity contribution in [3.8, 4) is 0 Å². The van der Waals surface area contributed by atoms with Crippen LogP contribution < -0.4 is 5.32 Å². The van der Waals surface area contributed by atoms with E-state index >= 15 is 0 Å². The highest BCUT2D eigenvalue weighted by Crippen LogP contribution is 2.26. The number of hydrogen-bond acceptors (Lipinski definition) is 5. The minimum atomic E-state index is -0.677. The Labute approximate surface area is 159 Å². The second kappa shape index (κ2) is 7.78. The van der Waals surface area contributed by atoms with Gasteiger partial charge >= 0.3 is 0 Å². The fraction of sp³-hybridized carbons (Fsp3) is 0.550. The monoisotopic (exact) mass is 369 g/mol. The van der Waals surface area contributed by atoms with Crippen molar-refractivity contribution < 1.29 is 9.53 Å². The van der Waals surface area contributed by atoms with Crippen LogP contribution in [-0.2, 0) is 28.9 Å². The van der Waals surface area contributed by atoms with Crippen molar-refractivity contribution >= 4 is 5.91 Å².